The molecule has 0 aromatic heterocycles. The van der Waals surface area contributed by atoms with Gasteiger partial charge >= 0.3 is 0 Å². The number of nitrogens with zero attached hydrogens (tertiary/aromatic N) is 3. The van der Waals surface area contributed by atoms with Crippen LogP contribution in [0.5, 0.6) is 0 Å². The van der Waals surface area contributed by atoms with E-state index in [1.807, 2.05) is 0 Å². The summed E-state index contributed by atoms with van der Waals surface area (Å²) in [5.41, 5.74) is 0.576. The SMILES string of the molecule is O=C(c1ccc(Cl)cc1)N1CCN(C(=O)c2ccc([N+](=O)[O-])cc2Cl)CC1. The number of benzene rings is 2. The zero-order valence-corrected chi connectivity index (χ0v) is 15.6. The fraction of sp³-hybridized carbons (Fsp3) is 0.222. The largest absolute Gasteiger partial charge is 0.335 e. The van der Waals surface area contributed by atoms with Crippen LogP contribution in [0.15, 0.2) is 42.5 Å². The average Bonchev–Trinajstić information content (AvgIpc) is 2.67. The topological polar surface area (TPSA) is 83.8 Å². The molecular formula is C18H15Cl2N3O4. The first kappa shape index (κ1) is 19.1. The van der Waals surface area contributed by atoms with Crippen molar-refractivity contribution >= 4 is 40.7 Å². The van der Waals surface area contributed by atoms with Crippen molar-refractivity contribution < 1.29 is 14.5 Å². The Bertz CT molecular complexity index is 894. The van der Waals surface area contributed by atoms with Gasteiger partial charge in [-0.2, -0.15) is 0 Å². The molecule has 1 aliphatic rings. The van der Waals surface area contributed by atoms with Gasteiger partial charge in [0, 0.05) is 48.9 Å². The third-order valence-corrected chi connectivity index (χ3v) is 4.90. The Hall–Kier alpha value is -2.64. The summed E-state index contributed by atoms with van der Waals surface area (Å²) < 4.78 is 0. The quantitative estimate of drug-likeness (QED) is 0.575. The monoisotopic (exact) mass is 407 g/mol. The van der Waals surface area contributed by atoms with Crippen LogP contribution in [0.2, 0.25) is 10.0 Å². The van der Waals surface area contributed by atoms with E-state index in [0.717, 1.165) is 6.07 Å². The number of hydrogen-bond acceptors (Lipinski definition) is 4. The van der Waals surface area contributed by atoms with Crippen LogP contribution in [0.1, 0.15) is 20.7 Å². The molecule has 0 unspecified atom stereocenters. The van der Waals surface area contributed by atoms with Crippen molar-refractivity contribution in [3.05, 3.63) is 73.8 Å². The summed E-state index contributed by atoms with van der Waals surface area (Å²) in [7, 11) is 0. The fourth-order valence-electron chi connectivity index (χ4n) is 2.85. The molecule has 27 heavy (non-hydrogen) atoms. The van der Waals surface area contributed by atoms with E-state index in [9.17, 15) is 19.7 Å². The number of hydrogen-bond donors (Lipinski definition) is 0. The molecular weight excluding hydrogens is 393 g/mol. The molecule has 0 N–H and O–H groups in total. The zero-order valence-electron chi connectivity index (χ0n) is 14.1. The lowest BCUT2D eigenvalue weighted by molar-refractivity contribution is -0.384. The molecule has 0 aliphatic carbocycles. The maximum atomic E-state index is 12.6. The maximum absolute atomic E-state index is 12.6. The molecule has 0 bridgehead atoms. The molecule has 2 amide bonds. The molecule has 1 heterocycles. The van der Waals surface area contributed by atoms with E-state index in [-0.39, 0.29) is 28.1 Å². The lowest BCUT2D eigenvalue weighted by atomic mass is 10.1. The minimum Gasteiger partial charge on any atom is -0.335 e. The molecule has 3 rings (SSSR count). The van der Waals surface area contributed by atoms with E-state index in [4.69, 9.17) is 23.2 Å². The van der Waals surface area contributed by atoms with Crippen LogP contribution in [0.25, 0.3) is 0 Å². The number of nitro benzene ring substituents is 1. The van der Waals surface area contributed by atoms with Crippen LogP contribution in [0.3, 0.4) is 0 Å². The second kappa shape index (κ2) is 7.94. The normalized spacial score (nSPS) is 14.1. The van der Waals surface area contributed by atoms with Gasteiger partial charge in [-0.15, -0.1) is 0 Å². The van der Waals surface area contributed by atoms with E-state index in [2.05, 4.69) is 0 Å². The molecule has 0 atom stereocenters. The molecule has 140 valence electrons. The lowest BCUT2D eigenvalue weighted by Gasteiger charge is -2.35. The van der Waals surface area contributed by atoms with Crippen molar-refractivity contribution in [1.82, 2.24) is 9.80 Å². The van der Waals surface area contributed by atoms with Gasteiger partial charge in [-0.1, -0.05) is 23.2 Å². The zero-order chi connectivity index (χ0) is 19.6. The van der Waals surface area contributed by atoms with Gasteiger partial charge in [-0.05, 0) is 30.3 Å². The summed E-state index contributed by atoms with van der Waals surface area (Å²) in [5.74, 6) is -0.430. The van der Waals surface area contributed by atoms with E-state index in [1.54, 1.807) is 34.1 Å². The fourth-order valence-corrected chi connectivity index (χ4v) is 3.23. The standard InChI is InChI=1S/C18H15Cl2N3O4/c19-13-3-1-12(2-4-13)17(24)21-7-9-22(10-8-21)18(25)15-6-5-14(23(26)27)11-16(15)20/h1-6,11H,7-10H2. The van der Waals surface area contributed by atoms with Crippen molar-refractivity contribution in [2.45, 2.75) is 0 Å². The summed E-state index contributed by atoms with van der Waals surface area (Å²) in [5, 5.41) is 11.4. The summed E-state index contributed by atoms with van der Waals surface area (Å²) in [6.45, 7) is 1.48. The highest BCUT2D eigenvalue weighted by Crippen LogP contribution is 2.24. The minimum absolute atomic E-state index is 0.0360. The van der Waals surface area contributed by atoms with Crippen LogP contribution in [-0.2, 0) is 0 Å². The molecule has 7 nitrogen and oxygen atoms in total. The molecule has 2 aromatic carbocycles. The Morgan fingerprint density at radius 3 is 1.96 bits per heavy atom. The first-order valence-electron chi connectivity index (χ1n) is 8.15. The minimum atomic E-state index is -0.568. The van der Waals surface area contributed by atoms with Crippen LogP contribution in [-0.4, -0.2) is 52.7 Å². The Balaban J connectivity index is 1.65. The smallest absolute Gasteiger partial charge is 0.270 e. The second-order valence-corrected chi connectivity index (χ2v) is 6.86. The van der Waals surface area contributed by atoms with Crippen LogP contribution >= 0.6 is 23.2 Å². The molecule has 9 heteroatoms. The predicted molar refractivity (Wildman–Crippen MR) is 101 cm³/mol. The average molecular weight is 408 g/mol. The Kier molecular flexibility index (Phi) is 5.62. The van der Waals surface area contributed by atoms with Gasteiger partial charge in [-0.3, -0.25) is 19.7 Å². The van der Waals surface area contributed by atoms with E-state index in [1.165, 1.54) is 12.1 Å². The van der Waals surface area contributed by atoms with Crippen molar-refractivity contribution in [1.29, 1.82) is 0 Å². The lowest BCUT2D eigenvalue weighted by Crippen LogP contribution is -2.50. The molecule has 0 saturated carbocycles. The molecule has 1 aliphatic heterocycles. The molecule has 1 fully saturated rings. The van der Waals surface area contributed by atoms with Crippen LogP contribution in [0.4, 0.5) is 5.69 Å². The summed E-state index contributed by atoms with van der Waals surface area (Å²) in [6, 6.07) is 10.4. The number of halogens is 2. The third kappa shape index (κ3) is 4.20. The first-order valence-corrected chi connectivity index (χ1v) is 8.90. The maximum Gasteiger partial charge on any atom is 0.270 e. The van der Waals surface area contributed by atoms with Gasteiger partial charge in [0.1, 0.15) is 0 Å². The predicted octanol–water partition coefficient (Wildman–Crippen LogP) is 3.50. The summed E-state index contributed by atoms with van der Waals surface area (Å²) in [6.07, 6.45) is 0. The van der Waals surface area contributed by atoms with E-state index in [0.29, 0.717) is 36.8 Å². The Morgan fingerprint density at radius 1 is 0.889 bits per heavy atom. The van der Waals surface area contributed by atoms with Crippen LogP contribution in [0, 0.1) is 10.1 Å². The van der Waals surface area contributed by atoms with Gasteiger partial charge in [0.2, 0.25) is 0 Å². The molecule has 0 radical (unpaired) electrons. The van der Waals surface area contributed by atoms with Crippen molar-refractivity contribution in [3.63, 3.8) is 0 Å². The number of carbonyl (C=O) groups is 2. The first-order chi connectivity index (χ1) is 12.9. The van der Waals surface area contributed by atoms with E-state index >= 15 is 0 Å². The van der Waals surface area contributed by atoms with Crippen LogP contribution < -0.4 is 0 Å². The summed E-state index contributed by atoms with van der Waals surface area (Å²) >= 11 is 11.9. The highest BCUT2D eigenvalue weighted by Gasteiger charge is 2.27. The van der Waals surface area contributed by atoms with Gasteiger partial charge in [0.15, 0.2) is 0 Å². The van der Waals surface area contributed by atoms with Gasteiger partial charge in [-0.25, -0.2) is 0 Å². The van der Waals surface area contributed by atoms with E-state index < -0.39 is 4.92 Å². The molecule has 1 saturated heterocycles. The number of piperazine rings is 1. The number of non-ortho nitro benzene ring substituents is 1. The van der Waals surface area contributed by atoms with Crippen molar-refractivity contribution in [2.24, 2.45) is 0 Å². The van der Waals surface area contributed by atoms with Gasteiger partial charge < -0.3 is 9.80 Å². The number of amides is 2. The molecule has 2 aromatic rings. The summed E-state index contributed by atoms with van der Waals surface area (Å²) in [4.78, 5) is 38.6. The molecule has 0 spiro atoms. The second-order valence-electron chi connectivity index (χ2n) is 6.01. The number of nitro groups is 1. The third-order valence-electron chi connectivity index (χ3n) is 4.34. The van der Waals surface area contributed by atoms with Gasteiger partial charge in [0.05, 0.1) is 15.5 Å². The highest BCUT2D eigenvalue weighted by molar-refractivity contribution is 6.34. The van der Waals surface area contributed by atoms with Crippen molar-refractivity contribution in [2.75, 3.05) is 26.2 Å². The highest BCUT2D eigenvalue weighted by atomic mass is 35.5. The Labute approximate surface area is 165 Å². The van der Waals surface area contributed by atoms with Crippen molar-refractivity contribution in [3.8, 4) is 0 Å². The van der Waals surface area contributed by atoms with Gasteiger partial charge in [0.25, 0.3) is 17.5 Å². The number of rotatable bonds is 3. The Morgan fingerprint density at radius 2 is 1.44 bits per heavy atom. The number of carbonyl (C=O) groups excluding carboxylic acids is 2.